The monoisotopic (exact) mass is 225 g/mol. The first kappa shape index (κ1) is 11.9. The van der Waals surface area contributed by atoms with Gasteiger partial charge in [0.05, 0.1) is 6.42 Å². The summed E-state index contributed by atoms with van der Waals surface area (Å²) in [7, 11) is 0. The van der Waals surface area contributed by atoms with Crippen molar-refractivity contribution in [3.63, 3.8) is 0 Å². The molecular formula is C13H23NO2. The molecule has 2 aliphatic rings. The first-order valence-electron chi connectivity index (χ1n) is 6.55. The molecule has 0 aliphatic heterocycles. The van der Waals surface area contributed by atoms with Crippen molar-refractivity contribution >= 4 is 5.97 Å². The summed E-state index contributed by atoms with van der Waals surface area (Å²) in [5.41, 5.74) is 0. The van der Waals surface area contributed by atoms with Crippen LogP contribution in [-0.2, 0) is 4.79 Å². The molecule has 2 fully saturated rings. The summed E-state index contributed by atoms with van der Waals surface area (Å²) in [5, 5.41) is 8.79. The van der Waals surface area contributed by atoms with Crippen molar-refractivity contribution in [2.75, 3.05) is 6.54 Å². The van der Waals surface area contributed by atoms with Gasteiger partial charge in [0.25, 0.3) is 0 Å². The molecule has 3 atom stereocenters. The molecule has 2 bridgehead atoms. The van der Waals surface area contributed by atoms with Gasteiger partial charge in [-0.15, -0.1) is 0 Å². The summed E-state index contributed by atoms with van der Waals surface area (Å²) in [6.45, 7) is 5.10. The van der Waals surface area contributed by atoms with E-state index < -0.39 is 5.97 Å². The molecule has 0 saturated heterocycles. The van der Waals surface area contributed by atoms with Gasteiger partial charge in [0.2, 0.25) is 0 Å². The molecule has 2 rings (SSSR count). The lowest BCUT2D eigenvalue weighted by atomic mass is 9.93. The van der Waals surface area contributed by atoms with E-state index >= 15 is 0 Å². The summed E-state index contributed by atoms with van der Waals surface area (Å²) in [6.07, 6.45) is 5.76. The van der Waals surface area contributed by atoms with Gasteiger partial charge in [-0.1, -0.05) is 6.42 Å². The largest absolute Gasteiger partial charge is 0.481 e. The highest BCUT2D eigenvalue weighted by Gasteiger charge is 2.42. The number of carbonyl (C=O) groups is 1. The number of hydrogen-bond acceptors (Lipinski definition) is 2. The Morgan fingerprint density at radius 2 is 2.12 bits per heavy atom. The maximum Gasteiger partial charge on any atom is 0.304 e. The molecule has 2 saturated carbocycles. The number of carboxylic acid groups (broad SMARTS) is 1. The zero-order valence-electron chi connectivity index (χ0n) is 10.4. The second kappa shape index (κ2) is 4.74. The lowest BCUT2D eigenvalue weighted by Gasteiger charge is -2.37. The van der Waals surface area contributed by atoms with Crippen LogP contribution in [0.2, 0.25) is 0 Å². The smallest absolute Gasteiger partial charge is 0.304 e. The van der Waals surface area contributed by atoms with E-state index in [1.165, 1.54) is 25.7 Å². The van der Waals surface area contributed by atoms with Crippen LogP contribution in [0.4, 0.5) is 0 Å². The number of carboxylic acids is 1. The lowest BCUT2D eigenvalue weighted by molar-refractivity contribution is -0.137. The minimum absolute atomic E-state index is 0.284. The topological polar surface area (TPSA) is 40.5 Å². The quantitative estimate of drug-likeness (QED) is 0.781. The van der Waals surface area contributed by atoms with Crippen LogP contribution in [0.3, 0.4) is 0 Å². The summed E-state index contributed by atoms with van der Waals surface area (Å²) >= 11 is 0. The highest BCUT2D eigenvalue weighted by Crippen LogP contribution is 2.47. The molecule has 0 aromatic rings. The van der Waals surface area contributed by atoms with Gasteiger partial charge in [0.15, 0.2) is 0 Å². The van der Waals surface area contributed by atoms with E-state index in [0.717, 1.165) is 18.4 Å². The Bertz CT molecular complexity index is 265. The van der Waals surface area contributed by atoms with E-state index in [1.54, 1.807) is 0 Å². The zero-order valence-corrected chi connectivity index (χ0v) is 10.4. The lowest BCUT2D eigenvalue weighted by Crippen LogP contribution is -2.44. The van der Waals surface area contributed by atoms with Crippen LogP contribution >= 0.6 is 0 Å². The third kappa shape index (κ3) is 2.40. The molecule has 3 heteroatoms. The van der Waals surface area contributed by atoms with Gasteiger partial charge < -0.3 is 5.11 Å². The predicted octanol–water partition coefficient (Wildman–Crippen LogP) is 2.36. The molecule has 3 nitrogen and oxygen atoms in total. The molecule has 0 aromatic heterocycles. The van der Waals surface area contributed by atoms with Crippen molar-refractivity contribution in [1.82, 2.24) is 4.90 Å². The minimum atomic E-state index is -0.672. The van der Waals surface area contributed by atoms with Crippen LogP contribution in [0.25, 0.3) is 0 Å². The van der Waals surface area contributed by atoms with Gasteiger partial charge in [-0.3, -0.25) is 9.69 Å². The molecule has 1 N–H and O–H groups in total. The van der Waals surface area contributed by atoms with Crippen molar-refractivity contribution in [2.45, 2.75) is 58.0 Å². The molecule has 2 aliphatic carbocycles. The van der Waals surface area contributed by atoms with E-state index in [0.29, 0.717) is 12.1 Å². The molecule has 0 spiro atoms. The highest BCUT2D eigenvalue weighted by atomic mass is 16.4. The molecule has 0 amide bonds. The van der Waals surface area contributed by atoms with E-state index in [4.69, 9.17) is 5.11 Å². The number of aliphatic carboxylic acids is 1. The maximum absolute atomic E-state index is 10.7. The van der Waals surface area contributed by atoms with Crippen molar-refractivity contribution in [1.29, 1.82) is 0 Å². The van der Waals surface area contributed by atoms with Gasteiger partial charge in [-0.25, -0.2) is 0 Å². The van der Waals surface area contributed by atoms with Gasteiger partial charge in [0, 0.05) is 18.6 Å². The Morgan fingerprint density at radius 3 is 2.56 bits per heavy atom. The van der Waals surface area contributed by atoms with Crippen molar-refractivity contribution < 1.29 is 9.90 Å². The second-order valence-electron chi connectivity index (χ2n) is 5.72. The van der Waals surface area contributed by atoms with E-state index in [1.807, 2.05) is 0 Å². The third-order valence-electron chi connectivity index (χ3n) is 4.37. The maximum atomic E-state index is 10.7. The number of fused-ring (bicyclic) bond motifs is 2. The molecule has 0 radical (unpaired) electrons. The van der Waals surface area contributed by atoms with E-state index in [9.17, 15) is 4.79 Å². The fraction of sp³-hybridized carbons (Fsp3) is 0.923. The minimum Gasteiger partial charge on any atom is -0.481 e. The number of rotatable bonds is 5. The molecule has 3 unspecified atom stereocenters. The summed E-state index contributed by atoms with van der Waals surface area (Å²) in [4.78, 5) is 13.1. The van der Waals surface area contributed by atoms with Gasteiger partial charge in [0.1, 0.15) is 0 Å². The van der Waals surface area contributed by atoms with E-state index in [2.05, 4.69) is 18.7 Å². The predicted molar refractivity (Wildman–Crippen MR) is 63.3 cm³/mol. The first-order valence-corrected chi connectivity index (χ1v) is 6.55. The fourth-order valence-corrected chi connectivity index (χ4v) is 3.65. The Kier molecular flexibility index (Phi) is 3.53. The highest BCUT2D eigenvalue weighted by molar-refractivity contribution is 5.66. The number of nitrogens with zero attached hydrogens (tertiary/aromatic N) is 1. The molecule has 92 valence electrons. The zero-order chi connectivity index (χ0) is 11.7. The molecule has 0 heterocycles. The van der Waals surface area contributed by atoms with Crippen LogP contribution in [0, 0.1) is 11.8 Å². The standard InChI is InChI=1S/C13H23NO2/c1-9(2)14(6-5-13(15)16)12-8-10-3-4-11(12)7-10/h9-12H,3-8H2,1-2H3,(H,15,16). The average Bonchev–Trinajstić information content (AvgIpc) is 2.78. The van der Waals surface area contributed by atoms with Gasteiger partial charge in [-0.05, 0) is 44.9 Å². The van der Waals surface area contributed by atoms with Gasteiger partial charge in [-0.2, -0.15) is 0 Å². The van der Waals surface area contributed by atoms with Crippen LogP contribution in [0.15, 0.2) is 0 Å². The van der Waals surface area contributed by atoms with Crippen molar-refractivity contribution in [3.05, 3.63) is 0 Å². The Hall–Kier alpha value is -0.570. The van der Waals surface area contributed by atoms with Crippen LogP contribution in [0.1, 0.15) is 46.0 Å². The Balaban J connectivity index is 1.94. The second-order valence-corrected chi connectivity index (χ2v) is 5.72. The van der Waals surface area contributed by atoms with Crippen LogP contribution < -0.4 is 0 Å². The summed E-state index contributed by atoms with van der Waals surface area (Å²) in [5.74, 6) is 1.11. The van der Waals surface area contributed by atoms with Gasteiger partial charge >= 0.3 is 5.97 Å². The van der Waals surface area contributed by atoms with Crippen molar-refractivity contribution in [3.8, 4) is 0 Å². The Morgan fingerprint density at radius 1 is 1.38 bits per heavy atom. The Labute approximate surface area is 97.8 Å². The fourth-order valence-electron chi connectivity index (χ4n) is 3.65. The normalized spacial score (nSPS) is 32.9. The molecular weight excluding hydrogens is 202 g/mol. The average molecular weight is 225 g/mol. The van der Waals surface area contributed by atoms with E-state index in [-0.39, 0.29) is 6.42 Å². The SMILES string of the molecule is CC(C)N(CCC(=O)O)C1CC2CCC1C2. The molecule has 0 aromatic carbocycles. The summed E-state index contributed by atoms with van der Waals surface area (Å²) < 4.78 is 0. The molecule has 16 heavy (non-hydrogen) atoms. The third-order valence-corrected chi connectivity index (χ3v) is 4.37. The summed E-state index contributed by atoms with van der Waals surface area (Å²) in [6, 6.07) is 1.14. The van der Waals surface area contributed by atoms with Crippen LogP contribution in [0.5, 0.6) is 0 Å². The van der Waals surface area contributed by atoms with Crippen LogP contribution in [-0.4, -0.2) is 34.6 Å². The first-order chi connectivity index (χ1) is 7.58. The number of hydrogen-bond donors (Lipinski definition) is 1. The van der Waals surface area contributed by atoms with Crippen molar-refractivity contribution in [2.24, 2.45) is 11.8 Å².